The first-order chi connectivity index (χ1) is 4.31. The maximum absolute atomic E-state index is 10.1. The van der Waals surface area contributed by atoms with E-state index in [-0.39, 0.29) is 12.5 Å². The molecule has 0 aliphatic rings. The highest BCUT2D eigenvalue weighted by molar-refractivity contribution is 6.15. The molecule has 0 aliphatic carbocycles. The Morgan fingerprint density at radius 2 is 2.33 bits per heavy atom. The van der Waals surface area contributed by atoms with Gasteiger partial charge in [-0.05, 0) is 12.3 Å². The van der Waals surface area contributed by atoms with Gasteiger partial charge in [0.2, 0.25) is 0 Å². The maximum Gasteiger partial charge on any atom is 0.343 e. The van der Waals surface area contributed by atoms with Gasteiger partial charge >= 0.3 is 10.0 Å². The number of rotatable bonds is 5. The molecule has 0 heterocycles. The van der Waals surface area contributed by atoms with E-state index in [0.29, 0.717) is 6.61 Å². The molecular formula is C5H12O3Si. The van der Waals surface area contributed by atoms with Crippen LogP contribution in [-0.2, 0) is 14.3 Å². The smallest absolute Gasteiger partial charge is 0.343 e. The second-order valence-corrected chi connectivity index (χ2v) is 2.73. The lowest BCUT2D eigenvalue weighted by molar-refractivity contribution is 0.132. The fourth-order valence-electron chi connectivity index (χ4n) is 0.427. The summed E-state index contributed by atoms with van der Waals surface area (Å²) in [4.78, 5) is 9.84. The Bertz CT molecular complexity index is 60.2. The summed E-state index contributed by atoms with van der Waals surface area (Å²) in [6, 6.07) is 0. The number of hydrogen-bond donors (Lipinski definition) is 0. The third-order valence-electron chi connectivity index (χ3n) is 1.12. The van der Waals surface area contributed by atoms with E-state index in [1.54, 1.807) is 0 Å². The van der Waals surface area contributed by atoms with E-state index >= 15 is 0 Å². The summed E-state index contributed by atoms with van der Waals surface area (Å²) in [5, 5.41) is 10.1. The van der Waals surface area contributed by atoms with Gasteiger partial charge < -0.3 is 4.43 Å². The van der Waals surface area contributed by atoms with Crippen LogP contribution < -0.4 is 0 Å². The monoisotopic (exact) mass is 148 g/mol. The Kier molecular flexibility index (Phi) is 6.29. The van der Waals surface area contributed by atoms with Crippen LogP contribution in [0.25, 0.3) is 0 Å². The van der Waals surface area contributed by atoms with E-state index < -0.39 is 10.0 Å². The minimum Gasteiger partial charge on any atom is -0.397 e. The van der Waals surface area contributed by atoms with Crippen LogP contribution in [0.4, 0.5) is 0 Å². The zero-order valence-corrected chi connectivity index (χ0v) is 7.04. The highest BCUT2D eigenvalue weighted by Gasteiger charge is 1.98. The van der Waals surface area contributed by atoms with Crippen LogP contribution in [0, 0.1) is 5.92 Å². The highest BCUT2D eigenvalue weighted by atomic mass is 28.2. The van der Waals surface area contributed by atoms with E-state index in [0.717, 1.165) is 6.42 Å². The molecule has 0 saturated heterocycles. The van der Waals surface area contributed by atoms with Gasteiger partial charge in [0, 0.05) is 6.61 Å². The van der Waals surface area contributed by atoms with Gasteiger partial charge in [-0.15, -0.1) is 0 Å². The molecule has 0 bridgehead atoms. The lowest BCUT2D eigenvalue weighted by Crippen LogP contribution is -2.06. The van der Waals surface area contributed by atoms with Crippen LogP contribution in [0.3, 0.4) is 0 Å². The molecule has 1 atom stereocenters. The topological polar surface area (TPSA) is 49.0 Å². The van der Waals surface area contributed by atoms with Gasteiger partial charge in [0.25, 0.3) is 0 Å². The van der Waals surface area contributed by atoms with Crippen molar-refractivity contribution in [2.75, 3.05) is 13.2 Å². The normalized spacial score (nSPS) is 15.0. The van der Waals surface area contributed by atoms with E-state index in [1.165, 1.54) is 0 Å². The van der Waals surface area contributed by atoms with Crippen molar-refractivity contribution < 1.29 is 14.3 Å². The van der Waals surface area contributed by atoms with Gasteiger partial charge in [-0.2, -0.15) is 0 Å². The van der Waals surface area contributed by atoms with Crippen molar-refractivity contribution in [3.63, 3.8) is 0 Å². The summed E-state index contributed by atoms with van der Waals surface area (Å²) in [7, 11) is -1.49. The summed E-state index contributed by atoms with van der Waals surface area (Å²) in [5.74, 6) is 0.158. The molecular weight excluding hydrogens is 136 g/mol. The quantitative estimate of drug-likeness (QED) is 0.396. The Labute approximate surface area is 57.7 Å². The lowest BCUT2D eigenvalue weighted by atomic mass is 10.1. The van der Waals surface area contributed by atoms with Crippen molar-refractivity contribution in [3.05, 3.63) is 0 Å². The van der Waals surface area contributed by atoms with E-state index in [9.17, 15) is 9.90 Å². The van der Waals surface area contributed by atoms with Crippen LogP contribution in [0.5, 0.6) is 0 Å². The van der Waals surface area contributed by atoms with Crippen molar-refractivity contribution in [1.82, 2.24) is 0 Å². The lowest BCUT2D eigenvalue weighted by Gasteiger charge is -2.03. The summed E-state index contributed by atoms with van der Waals surface area (Å²) in [5.41, 5.74) is 0. The molecule has 0 aromatic carbocycles. The van der Waals surface area contributed by atoms with Crippen LogP contribution in [0.15, 0.2) is 0 Å². The molecule has 54 valence electrons. The van der Waals surface area contributed by atoms with Crippen molar-refractivity contribution in [3.8, 4) is 0 Å². The summed E-state index contributed by atoms with van der Waals surface area (Å²) < 4.78 is 4.65. The first-order valence-electron chi connectivity index (χ1n) is 3.05. The van der Waals surface area contributed by atoms with Gasteiger partial charge in [-0.25, -0.2) is 5.11 Å². The summed E-state index contributed by atoms with van der Waals surface area (Å²) in [6.45, 7) is 2.28. The van der Waals surface area contributed by atoms with Gasteiger partial charge in [0.15, 0.2) is 0 Å². The van der Waals surface area contributed by atoms with E-state index in [1.807, 2.05) is 6.92 Å². The predicted octanol–water partition coefficient (Wildman–Crippen LogP) is -0.111. The first-order valence-corrected chi connectivity index (χ1v) is 4.20. The second kappa shape index (κ2) is 6.22. The Hall–Kier alpha value is 0.0969. The van der Waals surface area contributed by atoms with Gasteiger partial charge in [-0.3, -0.25) is 4.80 Å². The fourth-order valence-corrected chi connectivity index (χ4v) is 0.711. The molecule has 4 heteroatoms. The van der Waals surface area contributed by atoms with Crippen molar-refractivity contribution >= 4 is 10.0 Å². The van der Waals surface area contributed by atoms with E-state index in [4.69, 9.17) is 0 Å². The molecule has 0 saturated carbocycles. The largest absolute Gasteiger partial charge is 0.397 e. The van der Waals surface area contributed by atoms with Gasteiger partial charge in [0.1, 0.15) is 0 Å². The zero-order valence-electron chi connectivity index (χ0n) is 5.63. The third-order valence-corrected chi connectivity index (χ3v) is 1.58. The third kappa shape index (κ3) is 5.98. The first kappa shape index (κ1) is 9.10. The van der Waals surface area contributed by atoms with Crippen LogP contribution in [0.2, 0.25) is 0 Å². The molecule has 0 aliphatic heterocycles. The average Bonchev–Trinajstić information content (AvgIpc) is 1.89. The van der Waals surface area contributed by atoms with Crippen molar-refractivity contribution in [1.29, 1.82) is 0 Å². The molecule has 0 aromatic rings. The molecule has 0 aromatic heterocycles. The minimum absolute atomic E-state index is 0.0657. The molecule has 9 heavy (non-hydrogen) atoms. The van der Waals surface area contributed by atoms with E-state index in [2.05, 4.69) is 4.43 Å². The molecule has 0 rings (SSSR count). The molecule has 0 N–H and O–H groups in total. The molecule has 2 radical (unpaired) electrons. The molecule has 0 amide bonds. The fraction of sp³-hybridized carbons (Fsp3) is 1.00. The van der Waals surface area contributed by atoms with Crippen molar-refractivity contribution in [2.45, 2.75) is 13.3 Å². The van der Waals surface area contributed by atoms with Crippen LogP contribution in [-0.4, -0.2) is 23.2 Å². The Morgan fingerprint density at radius 3 is 2.78 bits per heavy atom. The average molecular weight is 148 g/mol. The summed E-state index contributed by atoms with van der Waals surface area (Å²) >= 11 is 0. The highest BCUT2D eigenvalue weighted by Crippen LogP contribution is 1.98. The standard InChI is InChI=1S/C5H12O3Si/c1-5(4-6)2-3-8-9-7/h5H,2-4,9H2,1H3. The molecule has 0 fully saturated rings. The predicted molar refractivity (Wildman–Crippen MR) is 34.5 cm³/mol. The second-order valence-electron chi connectivity index (χ2n) is 2.09. The molecule has 3 nitrogen and oxygen atoms in total. The van der Waals surface area contributed by atoms with Crippen molar-refractivity contribution in [2.24, 2.45) is 5.92 Å². The maximum atomic E-state index is 10.1. The Balaban J connectivity index is 2.88. The SMILES string of the molecule is CC(C[O])CCO[SiH2][O]. The van der Waals surface area contributed by atoms with Gasteiger partial charge in [-0.1, -0.05) is 6.92 Å². The van der Waals surface area contributed by atoms with Crippen LogP contribution >= 0.6 is 0 Å². The zero-order chi connectivity index (χ0) is 7.11. The molecule has 0 spiro atoms. The molecule has 1 unspecified atom stereocenters. The number of hydrogen-bond acceptors (Lipinski definition) is 1. The summed E-state index contributed by atoms with van der Waals surface area (Å²) in [6.07, 6.45) is 0.735. The van der Waals surface area contributed by atoms with Crippen LogP contribution in [0.1, 0.15) is 13.3 Å². The van der Waals surface area contributed by atoms with Gasteiger partial charge in [0.05, 0.1) is 6.61 Å². The Morgan fingerprint density at radius 1 is 1.67 bits per heavy atom. The minimum atomic E-state index is -1.49.